The highest BCUT2D eigenvalue weighted by atomic mass is 16.2. The predicted molar refractivity (Wildman–Crippen MR) is 107 cm³/mol. The number of carbonyl (C=O) groups excluding carboxylic acids is 2. The monoisotopic (exact) mass is 356 g/mol. The first-order valence-corrected chi connectivity index (χ1v) is 8.77. The second-order valence-electron chi connectivity index (χ2n) is 5.79. The lowest BCUT2D eigenvalue weighted by molar-refractivity contribution is 0.0961. The molecule has 0 spiro atoms. The summed E-state index contributed by atoms with van der Waals surface area (Å²) in [5.41, 5.74) is 2.43. The predicted octanol–water partition coefficient (Wildman–Crippen LogP) is 3.85. The van der Waals surface area contributed by atoms with Crippen molar-refractivity contribution < 1.29 is 9.59 Å². The van der Waals surface area contributed by atoms with Crippen LogP contribution in [0.3, 0.4) is 0 Å². The number of rotatable bonds is 5. The summed E-state index contributed by atoms with van der Waals surface area (Å²) in [6.07, 6.45) is 1.53. The Hall–Kier alpha value is -2.89. The molecule has 0 fully saturated rings. The van der Waals surface area contributed by atoms with Crippen LogP contribution >= 0.6 is 0 Å². The number of hydrogen-bond donors (Lipinski definition) is 3. The van der Waals surface area contributed by atoms with Crippen molar-refractivity contribution in [2.75, 3.05) is 17.7 Å². The number of nitrogens with zero attached hydrogens (tertiary/aromatic N) is 1. The number of pyridine rings is 1. The maximum absolute atomic E-state index is 12.4. The number of hydrogen-bond acceptors (Lipinski definition) is 4. The Morgan fingerprint density at radius 2 is 1.65 bits per heavy atom. The lowest BCUT2D eigenvalue weighted by Gasteiger charge is -2.11. The molecule has 6 nitrogen and oxygen atoms in total. The number of benzene rings is 1. The highest BCUT2D eigenvalue weighted by Crippen LogP contribution is 2.18. The molecule has 140 valence electrons. The van der Waals surface area contributed by atoms with E-state index in [0.717, 1.165) is 11.4 Å². The van der Waals surface area contributed by atoms with E-state index in [1.807, 2.05) is 34.6 Å². The third kappa shape index (κ3) is 5.88. The Balaban J connectivity index is 0.00000163. The van der Waals surface area contributed by atoms with Crippen molar-refractivity contribution in [3.63, 3.8) is 0 Å². The van der Waals surface area contributed by atoms with Gasteiger partial charge in [0.1, 0.15) is 5.82 Å². The summed E-state index contributed by atoms with van der Waals surface area (Å²) in [4.78, 5) is 28.3. The molecule has 0 bridgehead atoms. The van der Waals surface area contributed by atoms with Gasteiger partial charge in [0.25, 0.3) is 11.8 Å². The molecule has 26 heavy (non-hydrogen) atoms. The van der Waals surface area contributed by atoms with Gasteiger partial charge in [0.05, 0.1) is 5.56 Å². The summed E-state index contributed by atoms with van der Waals surface area (Å²) >= 11 is 0. The van der Waals surface area contributed by atoms with E-state index >= 15 is 0 Å². The molecule has 6 heteroatoms. The summed E-state index contributed by atoms with van der Waals surface area (Å²) in [5.74, 6) is 0.256. The van der Waals surface area contributed by atoms with Crippen molar-refractivity contribution in [3.8, 4) is 0 Å². The SMILES string of the molecule is CC.CNC(=O)c1ccc(C)c(NC(=O)c2ccc(NC(C)C)nc2)c1. The Morgan fingerprint density at radius 3 is 2.19 bits per heavy atom. The van der Waals surface area contributed by atoms with E-state index < -0.39 is 0 Å². The lowest BCUT2D eigenvalue weighted by Crippen LogP contribution is -2.19. The average Bonchev–Trinajstić information content (AvgIpc) is 2.64. The minimum atomic E-state index is -0.268. The van der Waals surface area contributed by atoms with Gasteiger partial charge >= 0.3 is 0 Å². The highest BCUT2D eigenvalue weighted by molar-refractivity contribution is 6.05. The second kappa shape index (κ2) is 10.2. The molecular formula is C20H28N4O2. The molecule has 0 saturated carbocycles. The summed E-state index contributed by atoms with van der Waals surface area (Å²) in [6, 6.07) is 8.93. The largest absolute Gasteiger partial charge is 0.368 e. The van der Waals surface area contributed by atoms with E-state index in [1.165, 1.54) is 6.20 Å². The normalized spacial score (nSPS) is 9.81. The Bertz CT molecular complexity index is 740. The van der Waals surface area contributed by atoms with Gasteiger partial charge in [-0.25, -0.2) is 4.98 Å². The highest BCUT2D eigenvalue weighted by Gasteiger charge is 2.11. The standard InChI is InChI=1S/C18H22N4O2.C2H6/c1-11(2)21-16-8-7-14(10-20-16)18(24)22-15-9-13(17(23)19-4)6-5-12(15)3;1-2/h5-11H,1-4H3,(H,19,23)(H,20,21)(H,22,24);1-2H3. The van der Waals surface area contributed by atoms with Crippen LogP contribution in [0.5, 0.6) is 0 Å². The minimum Gasteiger partial charge on any atom is -0.368 e. The van der Waals surface area contributed by atoms with Crippen LogP contribution in [0.25, 0.3) is 0 Å². The van der Waals surface area contributed by atoms with Crippen molar-refractivity contribution in [2.45, 2.75) is 40.7 Å². The van der Waals surface area contributed by atoms with E-state index in [2.05, 4.69) is 20.9 Å². The molecule has 1 aromatic heterocycles. The first-order valence-electron chi connectivity index (χ1n) is 8.77. The van der Waals surface area contributed by atoms with Crippen LogP contribution in [0, 0.1) is 6.92 Å². The summed E-state index contributed by atoms with van der Waals surface area (Å²) in [6.45, 7) is 9.91. The van der Waals surface area contributed by atoms with Gasteiger partial charge in [-0.05, 0) is 50.6 Å². The quantitative estimate of drug-likeness (QED) is 0.760. The van der Waals surface area contributed by atoms with Gasteiger partial charge in [0.2, 0.25) is 0 Å². The van der Waals surface area contributed by atoms with Gasteiger partial charge in [-0.1, -0.05) is 19.9 Å². The van der Waals surface area contributed by atoms with Crippen LogP contribution in [-0.4, -0.2) is 29.9 Å². The molecule has 2 rings (SSSR count). The van der Waals surface area contributed by atoms with Crippen molar-refractivity contribution >= 4 is 23.3 Å². The van der Waals surface area contributed by atoms with Crippen molar-refractivity contribution in [1.29, 1.82) is 0 Å². The molecule has 2 aromatic rings. The van der Waals surface area contributed by atoms with Crippen molar-refractivity contribution in [3.05, 3.63) is 53.2 Å². The molecule has 0 aliphatic rings. The fraction of sp³-hybridized carbons (Fsp3) is 0.350. The molecule has 0 saturated heterocycles. The first-order chi connectivity index (χ1) is 12.4. The number of nitrogens with one attached hydrogen (secondary N) is 3. The number of anilines is 2. The molecule has 0 aliphatic heterocycles. The van der Waals surface area contributed by atoms with Crippen LogP contribution in [0.2, 0.25) is 0 Å². The molecule has 0 unspecified atom stereocenters. The molecular weight excluding hydrogens is 328 g/mol. The minimum absolute atomic E-state index is 0.198. The van der Waals surface area contributed by atoms with Gasteiger partial charge in [-0.15, -0.1) is 0 Å². The van der Waals surface area contributed by atoms with Gasteiger partial charge in [0.15, 0.2) is 0 Å². The molecule has 1 heterocycles. The Labute approximate surface area is 155 Å². The third-order valence-corrected chi connectivity index (χ3v) is 3.44. The van der Waals surface area contributed by atoms with Gasteiger partial charge in [-0.2, -0.15) is 0 Å². The Kier molecular flexibility index (Phi) is 8.28. The molecule has 1 aromatic carbocycles. The van der Waals surface area contributed by atoms with Gasteiger partial charge < -0.3 is 16.0 Å². The van der Waals surface area contributed by atoms with Crippen LogP contribution < -0.4 is 16.0 Å². The van der Waals surface area contributed by atoms with E-state index in [-0.39, 0.29) is 17.9 Å². The van der Waals surface area contributed by atoms with Crippen molar-refractivity contribution in [2.24, 2.45) is 0 Å². The van der Waals surface area contributed by atoms with E-state index in [9.17, 15) is 9.59 Å². The Morgan fingerprint density at radius 1 is 1.00 bits per heavy atom. The van der Waals surface area contributed by atoms with E-state index in [4.69, 9.17) is 0 Å². The zero-order valence-corrected chi connectivity index (χ0v) is 16.3. The number of aryl methyl sites for hydroxylation is 1. The molecule has 0 aliphatic carbocycles. The molecule has 3 N–H and O–H groups in total. The average molecular weight is 356 g/mol. The summed E-state index contributed by atoms with van der Waals surface area (Å²) in [7, 11) is 1.57. The maximum atomic E-state index is 12.4. The fourth-order valence-corrected chi connectivity index (χ4v) is 2.15. The topological polar surface area (TPSA) is 83.1 Å². The molecule has 0 atom stereocenters. The number of carbonyl (C=O) groups is 2. The number of aromatic nitrogens is 1. The maximum Gasteiger partial charge on any atom is 0.257 e. The third-order valence-electron chi connectivity index (χ3n) is 3.44. The van der Waals surface area contributed by atoms with Gasteiger partial charge in [-0.3, -0.25) is 9.59 Å². The summed E-state index contributed by atoms with van der Waals surface area (Å²) in [5, 5.41) is 8.56. The fourth-order valence-electron chi connectivity index (χ4n) is 2.15. The zero-order valence-electron chi connectivity index (χ0n) is 16.3. The second-order valence-corrected chi connectivity index (χ2v) is 5.79. The van der Waals surface area contributed by atoms with Crippen LogP contribution in [0.1, 0.15) is 54.0 Å². The van der Waals surface area contributed by atoms with Crippen LogP contribution in [0.15, 0.2) is 36.5 Å². The van der Waals surface area contributed by atoms with E-state index in [1.54, 1.807) is 37.4 Å². The van der Waals surface area contributed by atoms with Crippen LogP contribution in [0.4, 0.5) is 11.5 Å². The van der Waals surface area contributed by atoms with Gasteiger partial charge in [0, 0.05) is 30.5 Å². The smallest absolute Gasteiger partial charge is 0.257 e. The number of amides is 2. The zero-order chi connectivity index (χ0) is 19.7. The van der Waals surface area contributed by atoms with Crippen molar-refractivity contribution in [1.82, 2.24) is 10.3 Å². The molecule has 0 radical (unpaired) electrons. The lowest BCUT2D eigenvalue weighted by atomic mass is 10.1. The first kappa shape index (κ1) is 21.2. The van der Waals surface area contributed by atoms with Crippen LogP contribution in [-0.2, 0) is 0 Å². The van der Waals surface area contributed by atoms with E-state index in [0.29, 0.717) is 16.8 Å². The molecule has 2 amide bonds. The summed E-state index contributed by atoms with van der Waals surface area (Å²) < 4.78 is 0.